The van der Waals surface area contributed by atoms with Crippen molar-refractivity contribution in [2.45, 2.75) is 18.5 Å². The Kier molecular flexibility index (Phi) is 5.76. The summed E-state index contributed by atoms with van der Waals surface area (Å²) < 4.78 is 29.9. The van der Waals surface area contributed by atoms with Crippen molar-refractivity contribution in [3.8, 4) is 16.9 Å². The Hall–Kier alpha value is -3.79. The molecule has 0 aliphatic carbocycles. The molecule has 0 spiro atoms. The van der Waals surface area contributed by atoms with Crippen LogP contribution in [0.3, 0.4) is 0 Å². The smallest absolute Gasteiger partial charge is 0.420 e. The Morgan fingerprint density at radius 1 is 1.11 bits per heavy atom. The van der Waals surface area contributed by atoms with Gasteiger partial charge in [0.25, 0.3) is 11.8 Å². The largest absolute Gasteiger partial charge is 0.487 e. The molecule has 3 aromatic rings. The van der Waals surface area contributed by atoms with Crippen LogP contribution in [0.5, 0.6) is 5.75 Å². The number of pyridine rings is 2. The number of ether oxygens (including phenoxy) is 1. The van der Waals surface area contributed by atoms with E-state index >= 15 is 0 Å². The number of aromatic nitrogens is 2. The van der Waals surface area contributed by atoms with Gasteiger partial charge in [-0.2, -0.15) is 0 Å². The zero-order chi connectivity index (χ0) is 24.7. The fourth-order valence-electron chi connectivity index (χ4n) is 3.97. The van der Waals surface area contributed by atoms with Crippen LogP contribution in [0.1, 0.15) is 32.8 Å². The lowest BCUT2D eigenvalue weighted by atomic mass is 10.0. The number of amides is 2. The van der Waals surface area contributed by atoms with Gasteiger partial charge in [-0.05, 0) is 42.8 Å². The molecule has 0 radical (unpaired) electrons. The Balaban J connectivity index is 1.43. The van der Waals surface area contributed by atoms with Crippen LogP contribution >= 0.6 is 11.6 Å². The number of anilines is 2. The molecular formula is C24H20ClF2N5O3. The highest BCUT2D eigenvalue weighted by molar-refractivity contribution is 6.20. The van der Waals surface area contributed by atoms with Gasteiger partial charge in [0.05, 0.1) is 23.4 Å². The van der Waals surface area contributed by atoms with E-state index in [2.05, 4.69) is 24.9 Å². The molecule has 0 atom stereocenters. The summed E-state index contributed by atoms with van der Waals surface area (Å²) >= 11 is 4.77. The zero-order valence-electron chi connectivity index (χ0n) is 18.6. The van der Waals surface area contributed by atoms with E-state index < -0.39 is 11.5 Å². The first-order valence-electron chi connectivity index (χ1n) is 10.8. The molecule has 4 heterocycles. The minimum Gasteiger partial charge on any atom is -0.420 e. The van der Waals surface area contributed by atoms with Gasteiger partial charge in [-0.15, -0.1) is 8.78 Å². The summed E-state index contributed by atoms with van der Waals surface area (Å²) in [4.78, 5) is 38.1. The number of fused-ring (bicyclic) bond motifs is 1. The molecule has 1 fully saturated rings. The maximum atomic E-state index is 12.9. The van der Waals surface area contributed by atoms with Crippen molar-refractivity contribution < 1.29 is 23.1 Å². The van der Waals surface area contributed by atoms with Crippen molar-refractivity contribution in [2.24, 2.45) is 0 Å². The van der Waals surface area contributed by atoms with E-state index in [1.165, 1.54) is 30.5 Å². The summed E-state index contributed by atoms with van der Waals surface area (Å²) in [5.41, 5.74) is -0.505. The van der Waals surface area contributed by atoms with Crippen molar-refractivity contribution in [2.75, 3.05) is 30.4 Å². The number of rotatable bonds is 6. The first-order chi connectivity index (χ1) is 16.7. The SMILES string of the molecule is CN1Cc2ncc(-c3cc(C(=O)Nc4ccc(OC(F)(F)Cl)cc4)cnc3N3CCC3)cc2C1=O. The second-order valence-electron chi connectivity index (χ2n) is 8.34. The average Bonchev–Trinajstić information content (AvgIpc) is 3.06. The number of halogens is 3. The third-order valence-electron chi connectivity index (χ3n) is 5.88. The van der Waals surface area contributed by atoms with Crippen LogP contribution in [-0.2, 0) is 6.54 Å². The molecule has 0 saturated carbocycles. The molecule has 0 bridgehead atoms. The van der Waals surface area contributed by atoms with Crippen molar-refractivity contribution >= 4 is 34.9 Å². The predicted octanol–water partition coefficient (Wildman–Crippen LogP) is 4.36. The van der Waals surface area contributed by atoms with E-state index in [1.54, 1.807) is 30.3 Å². The predicted molar refractivity (Wildman–Crippen MR) is 126 cm³/mol. The molecule has 1 N–H and O–H groups in total. The Morgan fingerprint density at radius 2 is 1.86 bits per heavy atom. The summed E-state index contributed by atoms with van der Waals surface area (Å²) in [5.74, 6) is 0.0447. The van der Waals surface area contributed by atoms with Gasteiger partial charge in [0.15, 0.2) is 0 Å². The molecule has 180 valence electrons. The topological polar surface area (TPSA) is 87.7 Å². The number of carbonyl (C=O) groups excluding carboxylic acids is 2. The zero-order valence-corrected chi connectivity index (χ0v) is 19.4. The van der Waals surface area contributed by atoms with Crippen LogP contribution in [0.15, 0.2) is 48.8 Å². The van der Waals surface area contributed by atoms with Gasteiger partial charge >= 0.3 is 5.57 Å². The van der Waals surface area contributed by atoms with Crippen LogP contribution in [-0.4, -0.2) is 52.4 Å². The number of nitrogens with zero attached hydrogens (tertiary/aromatic N) is 4. The molecule has 2 aliphatic rings. The number of alkyl halides is 3. The van der Waals surface area contributed by atoms with Crippen LogP contribution in [0.25, 0.3) is 11.1 Å². The monoisotopic (exact) mass is 499 g/mol. The van der Waals surface area contributed by atoms with Crippen LogP contribution in [0, 0.1) is 0 Å². The summed E-state index contributed by atoms with van der Waals surface area (Å²) in [7, 11) is 1.72. The lowest BCUT2D eigenvalue weighted by Crippen LogP contribution is -2.38. The molecule has 1 aromatic carbocycles. The van der Waals surface area contributed by atoms with E-state index in [9.17, 15) is 18.4 Å². The standard InChI is InChI=1S/C24H20ClF2N5O3/c1-31-13-20-19(23(31)34)9-14(11-28-20)18-10-15(12-29-21(18)32-7-2-8-32)22(33)30-16-3-5-17(6-4-16)35-24(25,26)27/h3-6,9-12H,2,7-8,13H2,1H3,(H,30,33). The molecule has 35 heavy (non-hydrogen) atoms. The summed E-state index contributed by atoms with van der Waals surface area (Å²) in [6.07, 6.45) is 4.22. The molecule has 2 aliphatic heterocycles. The number of hydrogen-bond acceptors (Lipinski definition) is 6. The van der Waals surface area contributed by atoms with Crippen molar-refractivity contribution in [3.63, 3.8) is 0 Å². The second-order valence-corrected chi connectivity index (χ2v) is 8.78. The molecule has 11 heteroatoms. The second kappa shape index (κ2) is 8.77. The summed E-state index contributed by atoms with van der Waals surface area (Å²) in [6.45, 7) is 2.16. The normalized spacial score (nSPS) is 15.0. The first-order valence-corrected chi connectivity index (χ1v) is 11.2. The Labute approximate surface area is 204 Å². The highest BCUT2D eigenvalue weighted by Crippen LogP contribution is 2.34. The minimum atomic E-state index is -3.82. The lowest BCUT2D eigenvalue weighted by Gasteiger charge is -2.33. The van der Waals surface area contributed by atoms with Crippen molar-refractivity contribution in [1.82, 2.24) is 14.9 Å². The first kappa shape index (κ1) is 23.0. The van der Waals surface area contributed by atoms with Gasteiger partial charge in [-0.1, -0.05) is 0 Å². The lowest BCUT2D eigenvalue weighted by molar-refractivity contribution is -0.0964. The summed E-state index contributed by atoms with van der Waals surface area (Å²) in [6, 6.07) is 8.89. The van der Waals surface area contributed by atoms with Gasteiger partial charge in [0.1, 0.15) is 11.6 Å². The third-order valence-corrected chi connectivity index (χ3v) is 5.95. The fraction of sp³-hybridized carbons (Fsp3) is 0.250. The van der Waals surface area contributed by atoms with Gasteiger partial charge in [0, 0.05) is 60.9 Å². The maximum Gasteiger partial charge on any atom is 0.487 e. The third kappa shape index (κ3) is 4.74. The molecule has 1 saturated heterocycles. The maximum absolute atomic E-state index is 12.9. The molecule has 8 nitrogen and oxygen atoms in total. The number of benzene rings is 1. The van der Waals surface area contributed by atoms with Crippen molar-refractivity contribution in [1.29, 1.82) is 0 Å². The highest BCUT2D eigenvalue weighted by Gasteiger charge is 2.29. The molecule has 0 unspecified atom stereocenters. The molecular weight excluding hydrogens is 480 g/mol. The fourth-order valence-corrected chi connectivity index (χ4v) is 4.06. The van der Waals surface area contributed by atoms with Gasteiger partial charge < -0.3 is 19.9 Å². The average molecular weight is 500 g/mol. The minimum absolute atomic E-state index is 0.0962. The van der Waals surface area contributed by atoms with Crippen molar-refractivity contribution in [3.05, 3.63) is 65.6 Å². The van der Waals surface area contributed by atoms with Gasteiger partial charge in [0.2, 0.25) is 0 Å². The quantitative estimate of drug-likeness (QED) is 0.507. The van der Waals surface area contributed by atoms with Crippen LogP contribution in [0.2, 0.25) is 0 Å². The Bertz CT molecular complexity index is 1310. The summed E-state index contributed by atoms with van der Waals surface area (Å²) in [5, 5.41) is 2.71. The number of carbonyl (C=O) groups is 2. The van der Waals surface area contributed by atoms with Crippen LogP contribution < -0.4 is 15.0 Å². The van der Waals surface area contributed by atoms with Gasteiger partial charge in [-0.3, -0.25) is 14.6 Å². The van der Waals surface area contributed by atoms with Gasteiger partial charge in [-0.25, -0.2) is 4.98 Å². The van der Waals surface area contributed by atoms with E-state index in [0.717, 1.165) is 25.3 Å². The van der Waals surface area contributed by atoms with E-state index in [4.69, 9.17) is 11.6 Å². The Morgan fingerprint density at radius 3 is 2.51 bits per heavy atom. The molecule has 2 amide bonds. The van der Waals surface area contributed by atoms with Crippen LogP contribution in [0.4, 0.5) is 20.3 Å². The number of hydrogen-bond donors (Lipinski definition) is 1. The molecule has 2 aromatic heterocycles. The highest BCUT2D eigenvalue weighted by atomic mass is 35.5. The number of nitrogens with one attached hydrogen (secondary N) is 1. The van der Waals surface area contributed by atoms with E-state index in [0.29, 0.717) is 40.2 Å². The van der Waals surface area contributed by atoms with E-state index in [1.807, 2.05) is 0 Å². The molecule has 5 rings (SSSR count). The van der Waals surface area contributed by atoms with E-state index in [-0.39, 0.29) is 11.7 Å².